The molecule has 1 heterocycles. The third-order valence-corrected chi connectivity index (χ3v) is 4.36. The molecule has 0 bridgehead atoms. The molecule has 0 aromatic carbocycles. The van der Waals surface area contributed by atoms with Crippen LogP contribution in [0.4, 0.5) is 4.79 Å². The van der Waals surface area contributed by atoms with Crippen LogP contribution in [-0.2, 0) is 4.79 Å². The molecule has 0 atom stereocenters. The Labute approximate surface area is 93.8 Å². The molecule has 4 nitrogen and oxygen atoms in total. The van der Waals surface area contributed by atoms with Gasteiger partial charge in [0.25, 0.3) is 0 Å². The van der Waals surface area contributed by atoms with Gasteiger partial charge in [0.05, 0.1) is 6.54 Å². The molecule has 0 aromatic heterocycles. The van der Waals surface area contributed by atoms with E-state index >= 15 is 0 Å². The fourth-order valence-corrected chi connectivity index (χ4v) is 3.09. The van der Waals surface area contributed by atoms with E-state index in [2.05, 4.69) is 11.6 Å². The number of nitrogens with one attached hydrogen (secondary N) is 1. The molecule has 15 heavy (non-hydrogen) atoms. The highest BCUT2D eigenvalue weighted by Gasteiger charge is 2.36. The SMILES string of the molecule is CSC1CCC(N2C(=O)CNC2=O)CC1. The van der Waals surface area contributed by atoms with E-state index in [4.69, 9.17) is 0 Å². The van der Waals surface area contributed by atoms with Crippen molar-refractivity contribution in [3.05, 3.63) is 0 Å². The van der Waals surface area contributed by atoms with E-state index in [9.17, 15) is 9.59 Å². The van der Waals surface area contributed by atoms with Gasteiger partial charge in [-0.2, -0.15) is 11.8 Å². The third-order valence-electron chi connectivity index (χ3n) is 3.22. The molecule has 2 aliphatic rings. The molecule has 2 rings (SSSR count). The quantitative estimate of drug-likeness (QED) is 0.723. The molecule has 1 aliphatic heterocycles. The summed E-state index contributed by atoms with van der Waals surface area (Å²) in [5.74, 6) is -0.0624. The van der Waals surface area contributed by atoms with Gasteiger partial charge in [-0.15, -0.1) is 0 Å². The standard InChI is InChI=1S/C10H16N2O2S/c1-15-8-4-2-7(3-5-8)12-9(13)6-11-10(12)14/h7-8H,2-6H2,1H3,(H,11,14). The van der Waals surface area contributed by atoms with Crippen LogP contribution in [0.5, 0.6) is 0 Å². The largest absolute Gasteiger partial charge is 0.329 e. The summed E-state index contributed by atoms with van der Waals surface area (Å²) >= 11 is 1.89. The molecule has 1 saturated carbocycles. The molecule has 5 heteroatoms. The summed E-state index contributed by atoms with van der Waals surface area (Å²) in [6.45, 7) is 0.182. The summed E-state index contributed by atoms with van der Waals surface area (Å²) in [4.78, 5) is 24.3. The summed E-state index contributed by atoms with van der Waals surface area (Å²) < 4.78 is 0. The number of nitrogens with zero attached hydrogens (tertiary/aromatic N) is 1. The van der Waals surface area contributed by atoms with Gasteiger partial charge < -0.3 is 5.32 Å². The molecule has 2 fully saturated rings. The number of carbonyl (C=O) groups excluding carboxylic acids is 2. The molecule has 84 valence electrons. The molecular weight excluding hydrogens is 212 g/mol. The smallest absolute Gasteiger partial charge is 0.324 e. The van der Waals surface area contributed by atoms with E-state index in [-0.39, 0.29) is 24.5 Å². The van der Waals surface area contributed by atoms with Gasteiger partial charge in [-0.1, -0.05) is 0 Å². The topological polar surface area (TPSA) is 49.4 Å². The molecular formula is C10H16N2O2S. The Bertz CT molecular complexity index is 259. The van der Waals surface area contributed by atoms with Gasteiger partial charge >= 0.3 is 6.03 Å². The zero-order chi connectivity index (χ0) is 10.8. The minimum atomic E-state index is -0.201. The molecule has 0 radical (unpaired) electrons. The normalized spacial score (nSPS) is 31.9. The van der Waals surface area contributed by atoms with Crippen LogP contribution in [0.25, 0.3) is 0 Å². The zero-order valence-electron chi connectivity index (χ0n) is 8.86. The Kier molecular flexibility index (Phi) is 3.19. The number of hydrogen-bond donors (Lipinski definition) is 1. The lowest BCUT2D eigenvalue weighted by Crippen LogP contribution is -2.42. The summed E-state index contributed by atoms with van der Waals surface area (Å²) in [5, 5.41) is 3.28. The summed E-state index contributed by atoms with van der Waals surface area (Å²) in [6.07, 6.45) is 6.28. The van der Waals surface area contributed by atoms with Gasteiger partial charge in [-0.3, -0.25) is 9.69 Å². The molecule has 1 N–H and O–H groups in total. The van der Waals surface area contributed by atoms with Crippen molar-refractivity contribution in [1.82, 2.24) is 10.2 Å². The van der Waals surface area contributed by atoms with Crippen LogP contribution in [0.1, 0.15) is 25.7 Å². The Balaban J connectivity index is 1.95. The lowest BCUT2D eigenvalue weighted by atomic mass is 9.94. The fourth-order valence-electron chi connectivity index (χ4n) is 2.34. The second-order valence-electron chi connectivity index (χ2n) is 4.09. The molecule has 1 saturated heterocycles. The van der Waals surface area contributed by atoms with Crippen molar-refractivity contribution in [3.63, 3.8) is 0 Å². The lowest BCUT2D eigenvalue weighted by Gasteiger charge is -2.32. The van der Waals surface area contributed by atoms with Gasteiger partial charge in [-0.25, -0.2) is 4.79 Å². The fraction of sp³-hybridized carbons (Fsp3) is 0.800. The number of rotatable bonds is 2. The number of amides is 3. The summed E-state index contributed by atoms with van der Waals surface area (Å²) in [7, 11) is 0. The van der Waals surface area contributed by atoms with E-state index < -0.39 is 0 Å². The first-order valence-corrected chi connectivity index (χ1v) is 6.64. The maximum atomic E-state index is 11.5. The molecule has 0 aromatic rings. The summed E-state index contributed by atoms with van der Waals surface area (Å²) in [6, 6.07) is -0.0593. The van der Waals surface area contributed by atoms with Crippen LogP contribution in [0.15, 0.2) is 0 Å². The number of thioether (sulfide) groups is 1. The van der Waals surface area contributed by atoms with Crippen LogP contribution in [-0.4, -0.2) is 40.9 Å². The minimum Gasteiger partial charge on any atom is -0.329 e. The maximum Gasteiger partial charge on any atom is 0.324 e. The Morgan fingerprint density at radius 3 is 2.40 bits per heavy atom. The van der Waals surface area contributed by atoms with Gasteiger partial charge in [0.15, 0.2) is 0 Å². The van der Waals surface area contributed by atoms with Crippen molar-refractivity contribution in [1.29, 1.82) is 0 Å². The van der Waals surface area contributed by atoms with Crippen molar-refractivity contribution < 1.29 is 9.59 Å². The Morgan fingerprint density at radius 1 is 1.27 bits per heavy atom. The third kappa shape index (κ3) is 2.12. The zero-order valence-corrected chi connectivity index (χ0v) is 9.68. The van der Waals surface area contributed by atoms with E-state index in [1.54, 1.807) is 0 Å². The van der Waals surface area contributed by atoms with Crippen LogP contribution >= 0.6 is 11.8 Å². The number of carbonyl (C=O) groups is 2. The highest BCUT2D eigenvalue weighted by molar-refractivity contribution is 7.99. The van der Waals surface area contributed by atoms with Crippen molar-refractivity contribution in [2.24, 2.45) is 0 Å². The van der Waals surface area contributed by atoms with Crippen molar-refractivity contribution in [2.75, 3.05) is 12.8 Å². The minimum absolute atomic E-state index is 0.0624. The highest BCUT2D eigenvalue weighted by atomic mass is 32.2. The van der Waals surface area contributed by atoms with Gasteiger partial charge in [-0.05, 0) is 31.9 Å². The van der Waals surface area contributed by atoms with Gasteiger partial charge in [0.1, 0.15) is 0 Å². The van der Waals surface area contributed by atoms with Gasteiger partial charge in [0.2, 0.25) is 5.91 Å². The van der Waals surface area contributed by atoms with Gasteiger partial charge in [0, 0.05) is 11.3 Å². The second kappa shape index (κ2) is 4.43. The number of urea groups is 1. The molecule has 3 amide bonds. The molecule has 0 unspecified atom stereocenters. The average molecular weight is 228 g/mol. The number of imide groups is 1. The predicted octanol–water partition coefficient (Wildman–Crippen LogP) is 1.21. The number of hydrogen-bond acceptors (Lipinski definition) is 3. The van der Waals surface area contributed by atoms with E-state index in [0.717, 1.165) is 25.7 Å². The van der Waals surface area contributed by atoms with Crippen LogP contribution < -0.4 is 5.32 Å². The first kappa shape index (κ1) is 10.8. The van der Waals surface area contributed by atoms with E-state index in [0.29, 0.717) is 5.25 Å². The van der Waals surface area contributed by atoms with Crippen LogP contribution in [0.3, 0.4) is 0 Å². The van der Waals surface area contributed by atoms with Crippen molar-refractivity contribution in [3.8, 4) is 0 Å². The second-order valence-corrected chi connectivity index (χ2v) is 5.23. The van der Waals surface area contributed by atoms with Crippen LogP contribution in [0.2, 0.25) is 0 Å². The first-order valence-electron chi connectivity index (χ1n) is 5.35. The van der Waals surface area contributed by atoms with E-state index in [1.807, 2.05) is 11.8 Å². The van der Waals surface area contributed by atoms with E-state index in [1.165, 1.54) is 4.90 Å². The maximum absolute atomic E-state index is 11.5. The Hall–Kier alpha value is -0.710. The monoisotopic (exact) mass is 228 g/mol. The lowest BCUT2D eigenvalue weighted by molar-refractivity contribution is -0.126. The predicted molar refractivity (Wildman–Crippen MR) is 59.8 cm³/mol. The Morgan fingerprint density at radius 2 is 1.93 bits per heavy atom. The van der Waals surface area contributed by atoms with Crippen LogP contribution in [0, 0.1) is 0 Å². The average Bonchev–Trinajstić information content (AvgIpc) is 2.59. The van der Waals surface area contributed by atoms with Crippen molar-refractivity contribution in [2.45, 2.75) is 37.0 Å². The first-order chi connectivity index (χ1) is 7.22. The molecule has 1 aliphatic carbocycles. The summed E-state index contributed by atoms with van der Waals surface area (Å²) in [5.41, 5.74) is 0. The highest BCUT2D eigenvalue weighted by Crippen LogP contribution is 2.30. The molecule has 0 spiro atoms. The van der Waals surface area contributed by atoms with Crippen molar-refractivity contribution >= 4 is 23.7 Å².